The standard InChI is InChI=1S/C18H29N3O4.2C2H2O4/c1-4-25-18(23)16-13(2)17(20-14(16)3)15(22)12-19-6-5-7-21-8-10-24-11-9-21;2*3-1(4)2(5)6/h19-20H,4-12H2,1-3H3;2*(H,3,4)(H,5,6). The van der Waals surface area contributed by atoms with Crippen LogP contribution in [0.3, 0.4) is 0 Å². The fourth-order valence-corrected chi connectivity index (χ4v) is 3.08. The molecule has 0 amide bonds. The zero-order chi connectivity index (χ0) is 28.5. The molecule has 0 radical (unpaired) electrons. The van der Waals surface area contributed by atoms with Crippen LogP contribution < -0.4 is 5.32 Å². The topological polar surface area (TPSA) is 233 Å². The van der Waals surface area contributed by atoms with Crippen molar-refractivity contribution in [2.24, 2.45) is 0 Å². The van der Waals surface area contributed by atoms with Crippen molar-refractivity contribution in [3.8, 4) is 0 Å². The minimum absolute atomic E-state index is 0.0393. The molecule has 0 aliphatic carbocycles. The highest BCUT2D eigenvalue weighted by atomic mass is 16.5. The van der Waals surface area contributed by atoms with Crippen LogP contribution in [-0.4, -0.2) is 118 Å². The molecule has 1 aliphatic rings. The van der Waals surface area contributed by atoms with Crippen molar-refractivity contribution in [3.05, 3.63) is 22.5 Å². The lowest BCUT2D eigenvalue weighted by molar-refractivity contribution is -0.159. The Bertz CT molecular complexity index is 903. The largest absolute Gasteiger partial charge is 0.473 e. The first-order chi connectivity index (χ1) is 17.3. The second-order valence-electron chi connectivity index (χ2n) is 7.47. The molecule has 0 spiro atoms. The monoisotopic (exact) mass is 531 g/mol. The molecule has 37 heavy (non-hydrogen) atoms. The first-order valence-corrected chi connectivity index (χ1v) is 11.2. The molecule has 0 saturated carbocycles. The summed E-state index contributed by atoms with van der Waals surface area (Å²) in [5.74, 6) is -7.72. The van der Waals surface area contributed by atoms with E-state index >= 15 is 0 Å². The lowest BCUT2D eigenvalue weighted by Crippen LogP contribution is -2.38. The number of aliphatic carboxylic acids is 4. The van der Waals surface area contributed by atoms with Gasteiger partial charge in [-0.3, -0.25) is 9.69 Å². The molecular formula is C22H33N3O12. The Balaban J connectivity index is 0.000000896. The molecule has 0 bridgehead atoms. The maximum atomic E-state index is 12.4. The number of esters is 1. The SMILES string of the molecule is CCOC(=O)c1c(C)[nH]c(C(=O)CNCCCN2CCOCC2)c1C.O=C(O)C(=O)O.O=C(O)C(=O)O. The van der Waals surface area contributed by atoms with E-state index in [1.807, 2.05) is 0 Å². The van der Waals surface area contributed by atoms with Gasteiger partial charge in [0.05, 0.1) is 37.6 Å². The van der Waals surface area contributed by atoms with E-state index in [9.17, 15) is 9.59 Å². The predicted molar refractivity (Wildman–Crippen MR) is 126 cm³/mol. The van der Waals surface area contributed by atoms with Crippen molar-refractivity contribution in [2.75, 3.05) is 52.5 Å². The number of ketones is 1. The van der Waals surface area contributed by atoms with Gasteiger partial charge in [-0.25, -0.2) is 24.0 Å². The summed E-state index contributed by atoms with van der Waals surface area (Å²) >= 11 is 0. The highest BCUT2D eigenvalue weighted by Crippen LogP contribution is 2.19. The second-order valence-corrected chi connectivity index (χ2v) is 7.47. The maximum absolute atomic E-state index is 12.4. The van der Waals surface area contributed by atoms with Crippen LogP contribution in [0.15, 0.2) is 0 Å². The van der Waals surface area contributed by atoms with Crippen LogP contribution in [0.2, 0.25) is 0 Å². The number of ether oxygens (including phenoxy) is 2. The van der Waals surface area contributed by atoms with Gasteiger partial charge >= 0.3 is 29.8 Å². The maximum Gasteiger partial charge on any atom is 0.414 e. The summed E-state index contributed by atoms with van der Waals surface area (Å²) in [6.07, 6.45) is 0.990. The molecule has 1 fully saturated rings. The molecule has 6 N–H and O–H groups in total. The summed E-state index contributed by atoms with van der Waals surface area (Å²) < 4.78 is 10.4. The number of carboxylic acids is 4. The van der Waals surface area contributed by atoms with Gasteiger partial charge in [-0.15, -0.1) is 0 Å². The van der Waals surface area contributed by atoms with E-state index < -0.39 is 23.9 Å². The Labute approximate surface area is 212 Å². The number of carbonyl (C=O) groups excluding carboxylic acids is 2. The quantitative estimate of drug-likeness (QED) is 0.103. The molecular weight excluding hydrogens is 498 g/mol. The van der Waals surface area contributed by atoms with E-state index in [0.717, 1.165) is 45.8 Å². The van der Waals surface area contributed by atoms with Gasteiger partial charge in [-0.05, 0) is 45.8 Å². The van der Waals surface area contributed by atoms with Crippen molar-refractivity contribution >= 4 is 35.6 Å². The van der Waals surface area contributed by atoms with E-state index in [-0.39, 0.29) is 18.3 Å². The Morgan fingerprint density at radius 3 is 1.92 bits per heavy atom. The number of nitrogens with zero attached hydrogens (tertiary/aromatic N) is 1. The third-order valence-electron chi connectivity index (χ3n) is 4.78. The van der Waals surface area contributed by atoms with Crippen molar-refractivity contribution in [1.82, 2.24) is 15.2 Å². The number of aromatic nitrogens is 1. The number of hydrogen-bond acceptors (Lipinski definition) is 10. The highest BCUT2D eigenvalue weighted by Gasteiger charge is 2.22. The van der Waals surface area contributed by atoms with Crippen LogP contribution in [0, 0.1) is 13.8 Å². The molecule has 208 valence electrons. The van der Waals surface area contributed by atoms with Crippen LogP contribution in [0.1, 0.15) is 45.4 Å². The Morgan fingerprint density at radius 1 is 0.946 bits per heavy atom. The van der Waals surface area contributed by atoms with E-state index in [2.05, 4.69) is 15.2 Å². The van der Waals surface area contributed by atoms with Gasteiger partial charge in [-0.1, -0.05) is 0 Å². The van der Waals surface area contributed by atoms with Crippen LogP contribution in [-0.2, 0) is 28.7 Å². The van der Waals surface area contributed by atoms with Crippen molar-refractivity contribution in [3.63, 3.8) is 0 Å². The first kappa shape index (κ1) is 33.2. The minimum Gasteiger partial charge on any atom is -0.473 e. The average molecular weight is 532 g/mol. The van der Waals surface area contributed by atoms with Gasteiger partial charge in [0.2, 0.25) is 0 Å². The van der Waals surface area contributed by atoms with Gasteiger partial charge in [0, 0.05) is 18.8 Å². The number of aromatic amines is 1. The number of nitrogens with one attached hydrogen (secondary N) is 2. The summed E-state index contributed by atoms with van der Waals surface area (Å²) in [7, 11) is 0. The van der Waals surface area contributed by atoms with Crippen LogP contribution in [0.4, 0.5) is 0 Å². The number of H-pyrrole nitrogens is 1. The van der Waals surface area contributed by atoms with Gasteiger partial charge in [0.15, 0.2) is 5.78 Å². The second kappa shape index (κ2) is 17.6. The molecule has 2 rings (SSSR count). The first-order valence-electron chi connectivity index (χ1n) is 11.2. The molecule has 1 aromatic heterocycles. The Kier molecular flexibility index (Phi) is 15.8. The third kappa shape index (κ3) is 13.2. The Morgan fingerprint density at radius 2 is 1.46 bits per heavy atom. The molecule has 1 saturated heterocycles. The number of carbonyl (C=O) groups is 6. The lowest BCUT2D eigenvalue weighted by Gasteiger charge is -2.26. The van der Waals surface area contributed by atoms with E-state index in [4.69, 9.17) is 49.1 Å². The van der Waals surface area contributed by atoms with Gasteiger partial charge < -0.3 is 40.2 Å². The van der Waals surface area contributed by atoms with E-state index in [0.29, 0.717) is 29.1 Å². The zero-order valence-corrected chi connectivity index (χ0v) is 20.9. The molecule has 0 atom stereocenters. The zero-order valence-electron chi connectivity index (χ0n) is 20.9. The third-order valence-corrected chi connectivity index (χ3v) is 4.78. The lowest BCUT2D eigenvalue weighted by atomic mass is 10.1. The highest BCUT2D eigenvalue weighted by molar-refractivity contribution is 6.27. The molecule has 15 nitrogen and oxygen atoms in total. The molecule has 1 aromatic rings. The molecule has 15 heteroatoms. The molecule has 1 aliphatic heterocycles. The normalized spacial score (nSPS) is 12.7. The van der Waals surface area contributed by atoms with Crippen LogP contribution >= 0.6 is 0 Å². The van der Waals surface area contributed by atoms with E-state index in [1.165, 1.54) is 0 Å². The summed E-state index contributed by atoms with van der Waals surface area (Å²) in [6, 6.07) is 0. The summed E-state index contributed by atoms with van der Waals surface area (Å²) in [5, 5.41) is 32.8. The number of hydrogen-bond donors (Lipinski definition) is 6. The number of aryl methyl sites for hydroxylation is 1. The number of morpholine rings is 1. The van der Waals surface area contributed by atoms with Crippen LogP contribution in [0.5, 0.6) is 0 Å². The fraction of sp³-hybridized carbons (Fsp3) is 0.545. The van der Waals surface area contributed by atoms with Gasteiger partial charge in [-0.2, -0.15) is 0 Å². The fourth-order valence-electron chi connectivity index (χ4n) is 3.08. The Hall–Kier alpha value is -3.82. The summed E-state index contributed by atoms with van der Waals surface area (Å²) in [5.41, 5.74) is 2.29. The van der Waals surface area contributed by atoms with Crippen molar-refractivity contribution in [1.29, 1.82) is 0 Å². The molecule has 0 aromatic carbocycles. The minimum atomic E-state index is -1.82. The summed E-state index contributed by atoms with van der Waals surface area (Å²) in [4.78, 5) is 66.2. The molecule has 0 unspecified atom stereocenters. The van der Waals surface area contributed by atoms with Gasteiger partial charge in [0.1, 0.15) is 0 Å². The smallest absolute Gasteiger partial charge is 0.414 e. The predicted octanol–water partition coefficient (Wildman–Crippen LogP) is -0.386. The number of Topliss-reactive ketones (excluding diaryl/α,β-unsaturated/α-hetero) is 1. The average Bonchev–Trinajstić information content (AvgIpc) is 3.14. The van der Waals surface area contributed by atoms with Crippen molar-refractivity contribution in [2.45, 2.75) is 27.2 Å². The van der Waals surface area contributed by atoms with E-state index in [1.54, 1.807) is 20.8 Å². The molecule has 2 heterocycles. The number of rotatable bonds is 9. The summed E-state index contributed by atoms with van der Waals surface area (Å²) in [6.45, 7) is 11.3. The van der Waals surface area contributed by atoms with Crippen LogP contribution in [0.25, 0.3) is 0 Å². The van der Waals surface area contributed by atoms with Gasteiger partial charge in [0.25, 0.3) is 0 Å². The number of carboxylic acid groups (broad SMARTS) is 4. The van der Waals surface area contributed by atoms with Crippen molar-refractivity contribution < 1.29 is 58.7 Å².